The van der Waals surface area contributed by atoms with Crippen LogP contribution in [0.3, 0.4) is 0 Å². The molecular weight excluding hydrogens is 394 g/mol. The third-order valence-corrected chi connectivity index (χ3v) is 5.75. The van der Waals surface area contributed by atoms with Crippen LogP contribution in [0.25, 0.3) is 11.3 Å². The highest BCUT2D eigenvalue weighted by Gasteiger charge is 2.30. The number of piperidine rings is 1. The number of amides is 1. The molecular formula is C24H25N3O4. The van der Waals surface area contributed by atoms with Crippen molar-refractivity contribution in [2.24, 2.45) is 0 Å². The van der Waals surface area contributed by atoms with Gasteiger partial charge in [0.25, 0.3) is 5.91 Å². The van der Waals surface area contributed by atoms with E-state index in [9.17, 15) is 4.79 Å². The molecule has 1 saturated heterocycles. The van der Waals surface area contributed by atoms with Gasteiger partial charge < -0.3 is 24.2 Å². The van der Waals surface area contributed by atoms with E-state index in [1.165, 1.54) is 0 Å². The van der Waals surface area contributed by atoms with Crippen LogP contribution in [-0.2, 0) is 0 Å². The highest BCUT2D eigenvalue weighted by molar-refractivity contribution is 6.00. The maximum absolute atomic E-state index is 13.4. The predicted molar refractivity (Wildman–Crippen MR) is 117 cm³/mol. The highest BCUT2D eigenvalue weighted by atomic mass is 16.6. The Morgan fingerprint density at radius 3 is 2.74 bits per heavy atom. The van der Waals surface area contributed by atoms with Gasteiger partial charge in [0.15, 0.2) is 11.5 Å². The third-order valence-electron chi connectivity index (χ3n) is 5.75. The number of anilines is 1. The quantitative estimate of drug-likeness (QED) is 0.685. The molecule has 0 radical (unpaired) electrons. The SMILES string of the molecule is Cc1onc(-c2ccccc2)c1C(=O)N1CCC[C@H](Nc2ccc3c(c2)OCCO3)C1. The van der Waals surface area contributed by atoms with Crippen molar-refractivity contribution >= 4 is 11.6 Å². The van der Waals surface area contributed by atoms with Gasteiger partial charge in [0.05, 0.1) is 0 Å². The van der Waals surface area contributed by atoms with Gasteiger partial charge in [0.1, 0.15) is 30.2 Å². The van der Waals surface area contributed by atoms with Crippen molar-refractivity contribution in [1.29, 1.82) is 0 Å². The molecule has 2 aliphatic heterocycles. The molecule has 1 N–H and O–H groups in total. The Hall–Kier alpha value is -3.48. The van der Waals surface area contributed by atoms with E-state index >= 15 is 0 Å². The Balaban J connectivity index is 1.32. The van der Waals surface area contributed by atoms with E-state index in [0.29, 0.717) is 36.8 Å². The van der Waals surface area contributed by atoms with Crippen molar-refractivity contribution in [3.8, 4) is 22.8 Å². The third kappa shape index (κ3) is 3.95. The summed E-state index contributed by atoms with van der Waals surface area (Å²) in [6.07, 6.45) is 1.92. The van der Waals surface area contributed by atoms with Crippen molar-refractivity contribution in [1.82, 2.24) is 10.1 Å². The molecule has 0 spiro atoms. The fourth-order valence-corrected chi connectivity index (χ4v) is 4.22. The zero-order valence-electron chi connectivity index (χ0n) is 17.5. The second kappa shape index (κ2) is 8.34. The van der Waals surface area contributed by atoms with Crippen LogP contribution in [0.5, 0.6) is 11.5 Å². The number of nitrogens with one attached hydrogen (secondary N) is 1. The first-order valence-corrected chi connectivity index (χ1v) is 10.7. The summed E-state index contributed by atoms with van der Waals surface area (Å²) in [5, 5.41) is 7.72. The van der Waals surface area contributed by atoms with Crippen LogP contribution in [0.1, 0.15) is 29.0 Å². The Morgan fingerprint density at radius 1 is 1.10 bits per heavy atom. The van der Waals surface area contributed by atoms with E-state index in [0.717, 1.165) is 42.1 Å². The number of ether oxygens (including phenoxy) is 2. The number of hydrogen-bond acceptors (Lipinski definition) is 6. The lowest BCUT2D eigenvalue weighted by molar-refractivity contribution is 0.0713. The average molecular weight is 419 g/mol. The van der Waals surface area contributed by atoms with Crippen LogP contribution < -0.4 is 14.8 Å². The zero-order valence-corrected chi connectivity index (χ0v) is 17.5. The standard InChI is InChI=1S/C24H25N3O4/c1-16-22(23(26-31-16)17-6-3-2-4-7-17)24(28)27-11-5-8-19(15-27)25-18-9-10-20-21(14-18)30-13-12-29-20/h2-4,6-7,9-10,14,19,25H,5,8,11-13,15H2,1H3/t19-/m0/s1. The number of hydrogen-bond donors (Lipinski definition) is 1. The van der Waals surface area contributed by atoms with Gasteiger partial charge in [0, 0.05) is 36.4 Å². The number of likely N-dealkylation sites (tertiary alicyclic amines) is 1. The fourth-order valence-electron chi connectivity index (χ4n) is 4.22. The van der Waals surface area contributed by atoms with E-state index in [1.807, 2.05) is 53.4 Å². The second-order valence-corrected chi connectivity index (χ2v) is 7.92. The number of fused-ring (bicyclic) bond motifs is 1. The minimum Gasteiger partial charge on any atom is -0.486 e. The summed E-state index contributed by atoms with van der Waals surface area (Å²) < 4.78 is 16.7. The maximum atomic E-state index is 13.4. The number of carbonyl (C=O) groups is 1. The summed E-state index contributed by atoms with van der Waals surface area (Å²) >= 11 is 0. The molecule has 0 unspecified atom stereocenters. The Kier molecular flexibility index (Phi) is 5.24. The van der Waals surface area contributed by atoms with E-state index in [4.69, 9.17) is 14.0 Å². The summed E-state index contributed by atoms with van der Waals surface area (Å²) in [5.74, 6) is 2.04. The Morgan fingerprint density at radius 2 is 1.90 bits per heavy atom. The van der Waals surface area contributed by atoms with Crippen LogP contribution >= 0.6 is 0 Å². The number of benzene rings is 2. The normalized spacial score (nSPS) is 18.0. The van der Waals surface area contributed by atoms with Gasteiger partial charge in [-0.15, -0.1) is 0 Å². The number of aromatic nitrogens is 1. The van der Waals surface area contributed by atoms with E-state index in [2.05, 4.69) is 10.5 Å². The number of aryl methyl sites for hydroxylation is 1. The molecule has 3 heterocycles. The van der Waals surface area contributed by atoms with Gasteiger partial charge in [-0.3, -0.25) is 4.79 Å². The lowest BCUT2D eigenvalue weighted by Gasteiger charge is -2.34. The topological polar surface area (TPSA) is 76.8 Å². The number of nitrogens with zero attached hydrogens (tertiary/aromatic N) is 2. The first-order chi connectivity index (χ1) is 15.2. The minimum atomic E-state index is -0.0359. The molecule has 7 nitrogen and oxygen atoms in total. The summed E-state index contributed by atoms with van der Waals surface area (Å²) in [7, 11) is 0. The predicted octanol–water partition coefficient (Wildman–Crippen LogP) is 4.14. The molecule has 7 heteroatoms. The summed E-state index contributed by atoms with van der Waals surface area (Å²) in [6, 6.07) is 15.7. The molecule has 1 amide bonds. The fraction of sp³-hybridized carbons (Fsp3) is 0.333. The second-order valence-electron chi connectivity index (χ2n) is 7.92. The Labute approximate surface area is 180 Å². The molecule has 0 aliphatic carbocycles. The van der Waals surface area contributed by atoms with Crippen LogP contribution in [0.2, 0.25) is 0 Å². The molecule has 2 aromatic carbocycles. The molecule has 1 fully saturated rings. The van der Waals surface area contributed by atoms with Gasteiger partial charge in [-0.05, 0) is 31.9 Å². The Bertz CT molecular complexity index is 1080. The van der Waals surface area contributed by atoms with E-state index < -0.39 is 0 Å². The molecule has 1 aromatic heterocycles. The number of rotatable bonds is 4. The first-order valence-electron chi connectivity index (χ1n) is 10.7. The van der Waals surface area contributed by atoms with Crippen molar-refractivity contribution in [3.63, 3.8) is 0 Å². The lowest BCUT2D eigenvalue weighted by Crippen LogP contribution is -2.45. The molecule has 0 saturated carbocycles. The van der Waals surface area contributed by atoms with Crippen molar-refractivity contribution in [3.05, 3.63) is 59.9 Å². The van der Waals surface area contributed by atoms with Crippen molar-refractivity contribution in [2.45, 2.75) is 25.8 Å². The molecule has 5 rings (SSSR count). The maximum Gasteiger partial charge on any atom is 0.259 e. The van der Waals surface area contributed by atoms with Crippen molar-refractivity contribution < 1.29 is 18.8 Å². The molecule has 160 valence electrons. The number of carbonyl (C=O) groups excluding carboxylic acids is 1. The van der Waals surface area contributed by atoms with Crippen LogP contribution in [0.4, 0.5) is 5.69 Å². The van der Waals surface area contributed by atoms with Crippen LogP contribution in [-0.4, -0.2) is 48.3 Å². The molecule has 2 aliphatic rings. The van der Waals surface area contributed by atoms with Gasteiger partial charge in [-0.2, -0.15) is 0 Å². The largest absolute Gasteiger partial charge is 0.486 e. The van der Waals surface area contributed by atoms with Gasteiger partial charge >= 0.3 is 0 Å². The monoisotopic (exact) mass is 419 g/mol. The molecule has 31 heavy (non-hydrogen) atoms. The van der Waals surface area contributed by atoms with Crippen LogP contribution in [0.15, 0.2) is 53.1 Å². The minimum absolute atomic E-state index is 0.0359. The average Bonchev–Trinajstić information content (AvgIpc) is 3.20. The molecule has 3 aromatic rings. The van der Waals surface area contributed by atoms with Crippen LogP contribution in [0, 0.1) is 6.92 Å². The zero-order chi connectivity index (χ0) is 21.2. The summed E-state index contributed by atoms with van der Waals surface area (Å²) in [6.45, 7) is 4.27. The van der Waals surface area contributed by atoms with Gasteiger partial charge in [-0.25, -0.2) is 0 Å². The van der Waals surface area contributed by atoms with Crippen molar-refractivity contribution in [2.75, 3.05) is 31.6 Å². The smallest absolute Gasteiger partial charge is 0.259 e. The van der Waals surface area contributed by atoms with Gasteiger partial charge in [-0.1, -0.05) is 35.5 Å². The molecule has 0 bridgehead atoms. The summed E-state index contributed by atoms with van der Waals surface area (Å²) in [5.41, 5.74) is 3.00. The first kappa shape index (κ1) is 19.5. The van der Waals surface area contributed by atoms with Gasteiger partial charge in [0.2, 0.25) is 0 Å². The summed E-state index contributed by atoms with van der Waals surface area (Å²) in [4.78, 5) is 15.3. The van der Waals surface area contributed by atoms with E-state index in [1.54, 1.807) is 6.92 Å². The highest BCUT2D eigenvalue weighted by Crippen LogP contribution is 2.33. The van der Waals surface area contributed by atoms with E-state index in [-0.39, 0.29) is 11.9 Å². The molecule has 1 atom stereocenters. The lowest BCUT2D eigenvalue weighted by atomic mass is 10.0.